The molecule has 0 aliphatic carbocycles. The van der Waals surface area contributed by atoms with Crippen LogP contribution in [0.3, 0.4) is 0 Å². The molecule has 0 saturated heterocycles. The lowest BCUT2D eigenvalue weighted by Crippen LogP contribution is -2.52. The predicted molar refractivity (Wildman–Crippen MR) is 146 cm³/mol. The van der Waals surface area contributed by atoms with E-state index in [1.54, 1.807) is 11.8 Å². The summed E-state index contributed by atoms with van der Waals surface area (Å²) in [5.74, 6) is -0.415. The second kappa shape index (κ2) is 11.9. The van der Waals surface area contributed by atoms with Gasteiger partial charge in [0.1, 0.15) is 6.04 Å². The minimum Gasteiger partial charge on any atom is -0.350 e. The third-order valence-electron chi connectivity index (χ3n) is 6.05. The summed E-state index contributed by atoms with van der Waals surface area (Å²) in [6, 6.07) is 12.8. The van der Waals surface area contributed by atoms with Crippen LogP contribution in [0.5, 0.6) is 0 Å². The highest BCUT2D eigenvalue weighted by Crippen LogP contribution is 2.25. The lowest BCUT2D eigenvalue weighted by Gasteiger charge is -2.32. The van der Waals surface area contributed by atoms with Crippen LogP contribution in [0, 0.1) is 20.8 Å². The van der Waals surface area contributed by atoms with E-state index >= 15 is 0 Å². The maximum Gasteiger partial charge on any atom is 0.242 e. The van der Waals surface area contributed by atoms with Crippen LogP contribution in [0.2, 0.25) is 0 Å². The van der Waals surface area contributed by atoms with E-state index in [0.29, 0.717) is 18.7 Å². The molecule has 36 heavy (non-hydrogen) atoms. The molecule has 8 heteroatoms. The van der Waals surface area contributed by atoms with Gasteiger partial charge in [-0.25, -0.2) is 8.42 Å². The van der Waals surface area contributed by atoms with E-state index < -0.39 is 21.6 Å². The van der Waals surface area contributed by atoms with Gasteiger partial charge >= 0.3 is 0 Å². The van der Waals surface area contributed by atoms with Crippen molar-refractivity contribution in [3.05, 3.63) is 64.7 Å². The maximum absolute atomic E-state index is 13.4. The van der Waals surface area contributed by atoms with Gasteiger partial charge in [0.15, 0.2) is 0 Å². The fraction of sp³-hybridized carbons (Fsp3) is 0.500. The zero-order valence-electron chi connectivity index (χ0n) is 22.9. The molecule has 0 aliphatic rings. The number of nitrogens with one attached hydrogen (secondary N) is 1. The fourth-order valence-electron chi connectivity index (χ4n) is 4.00. The van der Waals surface area contributed by atoms with Crippen molar-refractivity contribution < 1.29 is 18.0 Å². The van der Waals surface area contributed by atoms with Crippen LogP contribution >= 0.6 is 0 Å². The third kappa shape index (κ3) is 8.36. The number of hydrogen-bond donors (Lipinski definition) is 1. The molecule has 2 aromatic carbocycles. The number of rotatable bonds is 10. The molecule has 0 aromatic heterocycles. The number of hydrogen-bond acceptors (Lipinski definition) is 4. The summed E-state index contributed by atoms with van der Waals surface area (Å²) >= 11 is 0. The minimum absolute atomic E-state index is 0.121. The average molecular weight is 516 g/mol. The van der Waals surface area contributed by atoms with Crippen molar-refractivity contribution in [3.63, 3.8) is 0 Å². The van der Waals surface area contributed by atoms with Crippen LogP contribution in [0.1, 0.15) is 62.8 Å². The SMILES string of the molecule is Cc1ccc(C)c(N(CCCC(=O)N(Cc2ccccc2C)C(C)C(=O)NC(C)(C)C)S(C)(=O)=O)c1. The Morgan fingerprint density at radius 3 is 2.22 bits per heavy atom. The standard InChI is InChI=1S/C28H41N3O4S/c1-20-15-16-22(3)25(18-20)31(36(8,34)35)17-11-14-26(32)30(19-24-13-10-9-12-21(24)2)23(4)27(33)29-28(5,6)7/h9-10,12-13,15-16,18,23H,11,14,17,19H2,1-8H3,(H,29,33). The Hall–Kier alpha value is -2.87. The number of nitrogens with zero attached hydrogens (tertiary/aromatic N) is 2. The van der Waals surface area contributed by atoms with Crippen LogP contribution < -0.4 is 9.62 Å². The Kier molecular flexibility index (Phi) is 9.71. The van der Waals surface area contributed by atoms with Gasteiger partial charge in [-0.3, -0.25) is 13.9 Å². The van der Waals surface area contributed by atoms with Gasteiger partial charge in [0.2, 0.25) is 21.8 Å². The van der Waals surface area contributed by atoms with E-state index in [-0.39, 0.29) is 24.8 Å². The van der Waals surface area contributed by atoms with Crippen molar-refractivity contribution >= 4 is 27.5 Å². The van der Waals surface area contributed by atoms with E-state index in [4.69, 9.17) is 0 Å². The van der Waals surface area contributed by atoms with E-state index in [1.807, 2.05) is 84.0 Å². The maximum atomic E-state index is 13.4. The van der Waals surface area contributed by atoms with Gasteiger partial charge in [-0.15, -0.1) is 0 Å². The molecule has 0 radical (unpaired) electrons. The summed E-state index contributed by atoms with van der Waals surface area (Å²) < 4.78 is 26.5. The summed E-state index contributed by atoms with van der Waals surface area (Å²) in [5.41, 5.74) is 4.02. The van der Waals surface area contributed by atoms with Gasteiger partial charge in [-0.1, -0.05) is 36.4 Å². The molecule has 0 heterocycles. The molecule has 198 valence electrons. The highest BCUT2D eigenvalue weighted by atomic mass is 32.2. The van der Waals surface area contributed by atoms with Crippen molar-refractivity contribution in [2.24, 2.45) is 0 Å². The molecule has 7 nitrogen and oxygen atoms in total. The molecule has 2 rings (SSSR count). The summed E-state index contributed by atoms with van der Waals surface area (Å²) in [4.78, 5) is 28.0. The number of carbonyl (C=O) groups is 2. The lowest BCUT2D eigenvalue weighted by molar-refractivity contribution is -0.141. The quantitative estimate of drug-likeness (QED) is 0.505. The first-order valence-corrected chi connectivity index (χ1v) is 14.2. The van der Waals surface area contributed by atoms with E-state index in [9.17, 15) is 18.0 Å². The van der Waals surface area contributed by atoms with Gasteiger partial charge < -0.3 is 10.2 Å². The minimum atomic E-state index is -3.54. The van der Waals surface area contributed by atoms with Gasteiger partial charge in [0, 0.05) is 25.0 Å². The molecular formula is C28H41N3O4S. The fourth-order valence-corrected chi connectivity index (χ4v) is 5.01. The number of benzene rings is 2. The molecule has 2 amide bonds. The Morgan fingerprint density at radius 2 is 1.64 bits per heavy atom. The topological polar surface area (TPSA) is 86.8 Å². The Balaban J connectivity index is 2.24. The normalized spacial score (nSPS) is 12.7. The third-order valence-corrected chi connectivity index (χ3v) is 7.23. The molecular weight excluding hydrogens is 474 g/mol. The first-order valence-electron chi connectivity index (χ1n) is 12.3. The monoisotopic (exact) mass is 515 g/mol. The molecule has 1 atom stereocenters. The van der Waals surface area contributed by atoms with E-state index in [2.05, 4.69) is 5.32 Å². The number of aryl methyl sites for hydroxylation is 3. The summed E-state index contributed by atoms with van der Waals surface area (Å²) in [7, 11) is -3.54. The number of amides is 2. The van der Waals surface area contributed by atoms with Gasteiger partial charge in [-0.05, 0) is 83.2 Å². The molecule has 0 saturated carbocycles. The Bertz CT molecular complexity index is 1190. The second-order valence-corrected chi connectivity index (χ2v) is 12.5. The van der Waals surface area contributed by atoms with Crippen LogP contribution in [0.4, 0.5) is 5.69 Å². The first kappa shape index (κ1) is 29.4. The predicted octanol–water partition coefficient (Wildman–Crippen LogP) is 4.49. The van der Waals surface area contributed by atoms with Gasteiger partial charge in [0.25, 0.3) is 0 Å². The Labute approximate surface area is 216 Å². The molecule has 0 fully saturated rings. The lowest BCUT2D eigenvalue weighted by atomic mass is 10.1. The largest absolute Gasteiger partial charge is 0.350 e. The average Bonchev–Trinajstić information content (AvgIpc) is 2.75. The van der Waals surface area contributed by atoms with E-state index in [0.717, 1.165) is 22.3 Å². The zero-order valence-corrected chi connectivity index (χ0v) is 23.7. The molecule has 0 spiro atoms. The molecule has 0 bridgehead atoms. The van der Waals surface area contributed by atoms with Crippen LogP contribution in [-0.2, 0) is 26.2 Å². The van der Waals surface area contributed by atoms with Gasteiger partial charge in [-0.2, -0.15) is 0 Å². The summed E-state index contributed by atoms with van der Waals surface area (Å²) in [5, 5.41) is 2.96. The summed E-state index contributed by atoms with van der Waals surface area (Å²) in [6.45, 7) is 13.7. The summed E-state index contributed by atoms with van der Waals surface area (Å²) in [6.07, 6.45) is 1.63. The smallest absolute Gasteiger partial charge is 0.242 e. The molecule has 0 aliphatic heterocycles. The molecule has 2 aromatic rings. The van der Waals surface area contributed by atoms with Crippen molar-refractivity contribution in [2.75, 3.05) is 17.1 Å². The van der Waals surface area contributed by atoms with Crippen LogP contribution in [0.15, 0.2) is 42.5 Å². The number of anilines is 1. The van der Waals surface area contributed by atoms with Crippen LogP contribution in [-0.4, -0.2) is 49.5 Å². The molecule has 1 unspecified atom stereocenters. The highest BCUT2D eigenvalue weighted by molar-refractivity contribution is 7.92. The highest BCUT2D eigenvalue weighted by Gasteiger charge is 2.29. The first-order chi connectivity index (χ1) is 16.6. The van der Waals surface area contributed by atoms with Crippen molar-refractivity contribution in [1.29, 1.82) is 0 Å². The van der Waals surface area contributed by atoms with Crippen molar-refractivity contribution in [2.45, 2.75) is 79.4 Å². The molecule has 1 N–H and O–H groups in total. The Morgan fingerprint density at radius 1 is 1.00 bits per heavy atom. The zero-order chi connectivity index (χ0) is 27.3. The van der Waals surface area contributed by atoms with E-state index in [1.165, 1.54) is 10.6 Å². The van der Waals surface area contributed by atoms with Crippen molar-refractivity contribution in [1.82, 2.24) is 10.2 Å². The van der Waals surface area contributed by atoms with Gasteiger partial charge in [0.05, 0.1) is 11.9 Å². The van der Waals surface area contributed by atoms with Crippen LogP contribution in [0.25, 0.3) is 0 Å². The number of carbonyl (C=O) groups excluding carboxylic acids is 2. The van der Waals surface area contributed by atoms with Crippen molar-refractivity contribution in [3.8, 4) is 0 Å². The number of sulfonamides is 1. The second-order valence-electron chi connectivity index (χ2n) is 10.6.